The lowest BCUT2D eigenvalue weighted by atomic mass is 10.1. The number of allylic oxidation sites excluding steroid dienone is 1. The smallest absolute Gasteiger partial charge is 0.405 e. The van der Waals surface area contributed by atoms with Crippen molar-refractivity contribution in [2.45, 2.75) is 87.6 Å². The van der Waals surface area contributed by atoms with E-state index < -0.39 is 57.2 Å². The lowest BCUT2D eigenvalue weighted by Crippen LogP contribution is -2.56. The van der Waals surface area contributed by atoms with Crippen molar-refractivity contribution in [2.24, 2.45) is 0 Å². The molecule has 4 N–H and O–H groups in total. The van der Waals surface area contributed by atoms with E-state index in [-0.39, 0.29) is 6.42 Å². The van der Waals surface area contributed by atoms with Gasteiger partial charge in [0, 0.05) is 6.54 Å². The zero-order valence-corrected chi connectivity index (χ0v) is 19.3. The maximum atomic E-state index is 13.1. The highest BCUT2D eigenvalue weighted by atomic mass is 32.2. The van der Waals surface area contributed by atoms with Gasteiger partial charge in [-0.05, 0) is 51.4 Å². The third-order valence-electron chi connectivity index (χ3n) is 6.18. The molecule has 184 valence electrons. The van der Waals surface area contributed by atoms with Gasteiger partial charge >= 0.3 is 6.09 Å². The van der Waals surface area contributed by atoms with Gasteiger partial charge in [-0.1, -0.05) is 25.0 Å². The second kappa shape index (κ2) is 11.0. The van der Waals surface area contributed by atoms with Crippen LogP contribution in [0.2, 0.25) is 0 Å². The van der Waals surface area contributed by atoms with E-state index in [2.05, 4.69) is 15.4 Å². The maximum absolute atomic E-state index is 13.1. The van der Waals surface area contributed by atoms with Crippen molar-refractivity contribution in [1.82, 2.24) is 20.3 Å². The van der Waals surface area contributed by atoms with Gasteiger partial charge in [0.2, 0.25) is 21.8 Å². The van der Waals surface area contributed by atoms with Gasteiger partial charge in [0.15, 0.2) is 0 Å². The van der Waals surface area contributed by atoms with Gasteiger partial charge in [-0.3, -0.25) is 19.1 Å². The van der Waals surface area contributed by atoms with Crippen LogP contribution in [-0.2, 0) is 24.4 Å². The van der Waals surface area contributed by atoms with E-state index in [1.54, 1.807) is 6.08 Å². The summed E-state index contributed by atoms with van der Waals surface area (Å²) in [6.07, 6.45) is 7.71. The molecule has 1 saturated heterocycles. The standard InChI is InChI=1S/C21H32N4O7S/c26-18(24-33(31,32)14-11-12-14)15-8-5-3-1-2-4-6-9-16(23-21(29)30)20(28)25-13-7-10-17(25)19(27)22-15/h3,5,14-17,23H,1-2,4,6-13H2,(H,22,27)(H,24,26)(H,29,30)/b5-3-/t15?,16-,17?/m0/s1. The number of hydrogen-bond donors (Lipinski definition) is 4. The highest BCUT2D eigenvalue weighted by Crippen LogP contribution is 2.27. The van der Waals surface area contributed by atoms with Gasteiger partial charge in [-0.15, -0.1) is 0 Å². The minimum atomic E-state index is -3.77. The normalized spacial score (nSPS) is 28.6. The Labute approximate surface area is 193 Å². The first-order valence-corrected chi connectivity index (χ1v) is 13.0. The third-order valence-corrected chi connectivity index (χ3v) is 8.01. The Hall–Kier alpha value is -2.63. The molecule has 33 heavy (non-hydrogen) atoms. The van der Waals surface area contributed by atoms with Crippen LogP contribution in [0.4, 0.5) is 4.79 Å². The van der Waals surface area contributed by atoms with Gasteiger partial charge in [-0.2, -0.15) is 0 Å². The molecule has 0 radical (unpaired) electrons. The molecule has 2 fully saturated rings. The molecule has 12 heteroatoms. The Morgan fingerprint density at radius 2 is 1.79 bits per heavy atom. The number of nitrogens with zero attached hydrogens (tertiary/aromatic N) is 1. The lowest BCUT2D eigenvalue weighted by Gasteiger charge is -2.29. The summed E-state index contributed by atoms with van der Waals surface area (Å²) in [6.45, 7) is 0.307. The monoisotopic (exact) mass is 484 g/mol. The van der Waals surface area contributed by atoms with Crippen molar-refractivity contribution in [1.29, 1.82) is 0 Å². The van der Waals surface area contributed by atoms with Crippen LogP contribution >= 0.6 is 0 Å². The first-order chi connectivity index (χ1) is 15.7. The van der Waals surface area contributed by atoms with Crippen molar-refractivity contribution in [3.05, 3.63) is 12.2 Å². The Bertz CT molecular complexity index is 900. The van der Waals surface area contributed by atoms with E-state index in [0.29, 0.717) is 51.5 Å². The summed E-state index contributed by atoms with van der Waals surface area (Å²) < 4.78 is 26.5. The molecule has 11 nitrogen and oxygen atoms in total. The van der Waals surface area contributed by atoms with Crippen LogP contribution in [0.1, 0.15) is 64.2 Å². The number of carboxylic acid groups (broad SMARTS) is 1. The predicted octanol–water partition coefficient (Wildman–Crippen LogP) is 0.617. The molecule has 0 aromatic heterocycles. The number of hydrogen-bond acceptors (Lipinski definition) is 6. The number of fused-ring (bicyclic) bond motifs is 1. The number of carbonyl (C=O) groups excluding carboxylic acids is 3. The summed E-state index contributed by atoms with van der Waals surface area (Å²) in [5.74, 6) is -1.81. The molecular formula is C21H32N4O7S. The summed E-state index contributed by atoms with van der Waals surface area (Å²) in [6, 6.07) is -2.89. The van der Waals surface area contributed by atoms with E-state index in [4.69, 9.17) is 5.11 Å². The quantitative estimate of drug-likeness (QED) is 0.425. The van der Waals surface area contributed by atoms with Crippen molar-refractivity contribution < 1.29 is 32.7 Å². The molecule has 1 saturated carbocycles. The number of rotatable bonds is 4. The van der Waals surface area contributed by atoms with Crippen molar-refractivity contribution in [3.63, 3.8) is 0 Å². The lowest BCUT2D eigenvalue weighted by molar-refractivity contribution is -0.140. The molecule has 2 aliphatic heterocycles. The van der Waals surface area contributed by atoms with E-state index in [9.17, 15) is 27.6 Å². The van der Waals surface area contributed by atoms with Crippen LogP contribution in [-0.4, -0.2) is 72.2 Å². The summed E-state index contributed by atoms with van der Waals surface area (Å²) in [4.78, 5) is 51.4. The Morgan fingerprint density at radius 1 is 1.03 bits per heavy atom. The van der Waals surface area contributed by atoms with E-state index in [1.807, 2.05) is 6.08 Å². The predicted molar refractivity (Wildman–Crippen MR) is 119 cm³/mol. The minimum Gasteiger partial charge on any atom is -0.465 e. The maximum Gasteiger partial charge on any atom is 0.405 e. The molecular weight excluding hydrogens is 452 g/mol. The zero-order valence-electron chi connectivity index (χ0n) is 18.5. The molecule has 3 aliphatic rings. The first-order valence-electron chi connectivity index (χ1n) is 11.5. The molecule has 0 bridgehead atoms. The summed E-state index contributed by atoms with van der Waals surface area (Å²) >= 11 is 0. The topological polar surface area (TPSA) is 162 Å². The fourth-order valence-corrected chi connectivity index (χ4v) is 5.57. The molecule has 0 aromatic rings. The number of carbonyl (C=O) groups is 4. The van der Waals surface area contributed by atoms with E-state index >= 15 is 0 Å². The largest absolute Gasteiger partial charge is 0.465 e. The van der Waals surface area contributed by atoms with Gasteiger partial charge in [-0.25, -0.2) is 13.2 Å². The average molecular weight is 485 g/mol. The molecule has 2 unspecified atom stereocenters. The van der Waals surface area contributed by atoms with Gasteiger partial charge < -0.3 is 20.6 Å². The fraction of sp³-hybridized carbons (Fsp3) is 0.714. The second-order valence-electron chi connectivity index (χ2n) is 8.81. The van der Waals surface area contributed by atoms with Gasteiger partial charge in [0.25, 0.3) is 5.91 Å². The highest BCUT2D eigenvalue weighted by Gasteiger charge is 2.40. The van der Waals surface area contributed by atoms with Crippen molar-refractivity contribution >= 4 is 33.8 Å². The van der Waals surface area contributed by atoms with Crippen LogP contribution in [0.5, 0.6) is 0 Å². The summed E-state index contributed by atoms with van der Waals surface area (Å²) in [7, 11) is -3.77. The Morgan fingerprint density at radius 3 is 2.48 bits per heavy atom. The van der Waals surface area contributed by atoms with Crippen LogP contribution in [0.25, 0.3) is 0 Å². The van der Waals surface area contributed by atoms with Crippen LogP contribution < -0.4 is 15.4 Å². The molecule has 3 rings (SSSR count). The van der Waals surface area contributed by atoms with Crippen molar-refractivity contribution in [3.8, 4) is 0 Å². The summed E-state index contributed by atoms with van der Waals surface area (Å²) in [5, 5.41) is 13.5. The molecule has 0 spiro atoms. The molecule has 1 aliphatic carbocycles. The molecule has 3 atom stereocenters. The average Bonchev–Trinajstić information content (AvgIpc) is 3.50. The van der Waals surface area contributed by atoms with Crippen molar-refractivity contribution in [2.75, 3.05) is 6.54 Å². The van der Waals surface area contributed by atoms with Crippen LogP contribution in [0.15, 0.2) is 12.2 Å². The third kappa shape index (κ3) is 6.92. The summed E-state index contributed by atoms with van der Waals surface area (Å²) in [5.41, 5.74) is 0. The SMILES string of the molecule is O=C(O)N[C@H]1CCCCC/C=C\CC(C(=O)NS(=O)(=O)C2CC2)NC(=O)C2CCCN2C1=O. The van der Waals surface area contributed by atoms with E-state index in [0.717, 1.165) is 12.8 Å². The number of sulfonamides is 1. The number of nitrogens with one attached hydrogen (secondary N) is 3. The first kappa shape index (κ1) is 25.0. The fourth-order valence-electron chi connectivity index (χ4n) is 4.22. The molecule has 4 amide bonds. The van der Waals surface area contributed by atoms with Crippen LogP contribution in [0.3, 0.4) is 0 Å². The second-order valence-corrected chi connectivity index (χ2v) is 10.8. The minimum absolute atomic E-state index is 0.127. The Balaban J connectivity index is 1.78. The van der Waals surface area contributed by atoms with E-state index in [1.165, 1.54) is 4.90 Å². The van der Waals surface area contributed by atoms with Crippen LogP contribution in [0, 0.1) is 0 Å². The zero-order chi connectivity index (χ0) is 24.0. The highest BCUT2D eigenvalue weighted by molar-refractivity contribution is 7.90. The number of amides is 4. The van der Waals surface area contributed by atoms with Gasteiger partial charge in [0.1, 0.15) is 18.1 Å². The molecule has 2 heterocycles. The Kier molecular flexibility index (Phi) is 8.33. The molecule has 0 aromatic carbocycles. The van der Waals surface area contributed by atoms with Gasteiger partial charge in [0.05, 0.1) is 5.25 Å².